The monoisotopic (exact) mass is 240 g/mol. The van der Waals surface area contributed by atoms with E-state index in [9.17, 15) is 14.3 Å². The van der Waals surface area contributed by atoms with Gasteiger partial charge in [-0.15, -0.1) is 0 Å². The van der Waals surface area contributed by atoms with E-state index in [1.54, 1.807) is 0 Å². The van der Waals surface area contributed by atoms with Crippen LogP contribution in [0.15, 0.2) is 18.2 Å². The summed E-state index contributed by atoms with van der Waals surface area (Å²) in [4.78, 5) is 10.5. The lowest BCUT2D eigenvalue weighted by Gasteiger charge is -2.15. The topological polar surface area (TPSA) is 75.3 Å². The molecule has 5 heteroatoms. The molecule has 0 radical (unpaired) electrons. The molecule has 94 valence electrons. The molecule has 0 bridgehead atoms. The molecule has 1 aromatic rings. The molecule has 0 heterocycles. The minimum absolute atomic E-state index is 0.0695. The Kier molecular flexibility index (Phi) is 4.90. The molecule has 1 atom stereocenters. The van der Waals surface area contributed by atoms with Crippen molar-refractivity contribution in [1.29, 1.82) is 0 Å². The predicted molar refractivity (Wildman–Crippen MR) is 62.9 cm³/mol. The Balaban J connectivity index is 2.46. The quantitative estimate of drug-likeness (QED) is 0.659. The van der Waals surface area contributed by atoms with Gasteiger partial charge >= 0.3 is 0 Å². The van der Waals surface area contributed by atoms with E-state index in [0.29, 0.717) is 24.9 Å². The van der Waals surface area contributed by atoms with Crippen LogP contribution in [0.25, 0.3) is 0 Å². The van der Waals surface area contributed by atoms with Crippen molar-refractivity contribution < 1.29 is 14.3 Å². The van der Waals surface area contributed by atoms with Crippen molar-refractivity contribution in [3.8, 4) is 5.75 Å². The fourth-order valence-electron chi connectivity index (χ4n) is 1.57. The van der Waals surface area contributed by atoms with E-state index >= 15 is 0 Å². The Morgan fingerprint density at radius 2 is 2.29 bits per heavy atom. The first kappa shape index (κ1) is 13.4. The van der Waals surface area contributed by atoms with Crippen molar-refractivity contribution >= 4 is 5.91 Å². The first-order chi connectivity index (χ1) is 8.00. The zero-order chi connectivity index (χ0) is 12.8. The molecule has 4 N–H and O–H groups in total. The van der Waals surface area contributed by atoms with Crippen molar-refractivity contribution in [1.82, 2.24) is 5.32 Å². The number of halogens is 1. The van der Waals surface area contributed by atoms with Crippen LogP contribution < -0.4 is 11.1 Å². The molecular formula is C12H17FN2O2. The van der Waals surface area contributed by atoms with Crippen LogP contribution in [0.5, 0.6) is 5.75 Å². The normalized spacial score (nSPS) is 12.4. The van der Waals surface area contributed by atoms with Crippen LogP contribution in [0.4, 0.5) is 4.39 Å². The van der Waals surface area contributed by atoms with Gasteiger partial charge in [-0.1, -0.05) is 6.07 Å². The van der Waals surface area contributed by atoms with Gasteiger partial charge in [0.25, 0.3) is 0 Å². The molecule has 1 rings (SSSR count). The van der Waals surface area contributed by atoms with E-state index in [0.717, 1.165) is 6.07 Å². The molecule has 0 aliphatic carbocycles. The van der Waals surface area contributed by atoms with Crippen LogP contribution in [0, 0.1) is 5.82 Å². The average Bonchev–Trinajstić information content (AvgIpc) is 2.23. The van der Waals surface area contributed by atoms with Crippen molar-refractivity contribution in [2.24, 2.45) is 5.73 Å². The highest BCUT2D eigenvalue weighted by molar-refractivity contribution is 5.73. The fraction of sp³-hybridized carbons (Fsp3) is 0.417. The summed E-state index contributed by atoms with van der Waals surface area (Å²) < 4.78 is 12.8. The lowest BCUT2D eigenvalue weighted by molar-refractivity contribution is -0.118. The van der Waals surface area contributed by atoms with E-state index in [1.807, 2.05) is 6.92 Å². The fourth-order valence-corrected chi connectivity index (χ4v) is 1.57. The van der Waals surface area contributed by atoms with Crippen LogP contribution in [-0.4, -0.2) is 17.6 Å². The number of nitrogens with one attached hydrogen (secondary N) is 1. The van der Waals surface area contributed by atoms with E-state index in [4.69, 9.17) is 5.73 Å². The summed E-state index contributed by atoms with van der Waals surface area (Å²) in [7, 11) is 0. The van der Waals surface area contributed by atoms with Crippen molar-refractivity contribution in [2.45, 2.75) is 25.8 Å². The number of carbonyl (C=O) groups is 1. The number of hydrogen-bond donors (Lipinski definition) is 3. The number of primary amides is 1. The number of hydrogen-bond acceptors (Lipinski definition) is 3. The summed E-state index contributed by atoms with van der Waals surface area (Å²) in [5.41, 5.74) is 5.64. The number of benzene rings is 1. The Hall–Kier alpha value is -1.62. The maximum atomic E-state index is 12.8. The van der Waals surface area contributed by atoms with Gasteiger partial charge in [0.2, 0.25) is 5.91 Å². The highest BCUT2D eigenvalue weighted by Crippen LogP contribution is 2.24. The van der Waals surface area contributed by atoms with Gasteiger partial charge in [0.05, 0.1) is 0 Å². The molecule has 0 saturated carbocycles. The third-order valence-electron chi connectivity index (χ3n) is 2.51. The number of phenols is 1. The first-order valence-corrected chi connectivity index (χ1v) is 5.51. The summed E-state index contributed by atoms with van der Waals surface area (Å²) in [5.74, 6) is -0.865. The summed E-state index contributed by atoms with van der Waals surface area (Å²) in [6, 6.07) is 3.81. The van der Waals surface area contributed by atoms with Crippen molar-refractivity contribution in [3.05, 3.63) is 29.6 Å². The highest BCUT2D eigenvalue weighted by atomic mass is 19.1. The van der Waals surface area contributed by atoms with Crippen molar-refractivity contribution in [3.63, 3.8) is 0 Å². The number of aromatic hydroxyl groups is 1. The van der Waals surface area contributed by atoms with Gasteiger partial charge < -0.3 is 16.2 Å². The van der Waals surface area contributed by atoms with Crippen LogP contribution >= 0.6 is 0 Å². The standard InChI is InChI=1S/C12H17FN2O2/c1-8(15-6-2-3-12(14)17)10-5-4-9(13)7-11(10)16/h4-5,7-8,15-16H,2-3,6H2,1H3,(H2,14,17). The molecule has 0 fully saturated rings. The van der Waals surface area contributed by atoms with Gasteiger partial charge in [0, 0.05) is 24.1 Å². The number of rotatable bonds is 6. The lowest BCUT2D eigenvalue weighted by Crippen LogP contribution is -2.21. The SMILES string of the molecule is CC(NCCCC(N)=O)c1ccc(F)cc1O. The Labute approximate surface area is 99.6 Å². The average molecular weight is 240 g/mol. The Bertz CT molecular complexity index is 396. The Morgan fingerprint density at radius 1 is 1.59 bits per heavy atom. The van der Waals surface area contributed by atoms with E-state index in [-0.39, 0.29) is 17.7 Å². The van der Waals surface area contributed by atoms with E-state index in [1.165, 1.54) is 12.1 Å². The second-order valence-electron chi connectivity index (χ2n) is 3.95. The maximum Gasteiger partial charge on any atom is 0.217 e. The van der Waals surface area contributed by atoms with Gasteiger partial charge in [-0.2, -0.15) is 0 Å². The molecule has 0 spiro atoms. The third kappa shape index (κ3) is 4.40. The molecule has 0 saturated heterocycles. The second kappa shape index (κ2) is 6.20. The molecule has 0 aliphatic rings. The van der Waals surface area contributed by atoms with Gasteiger partial charge in [-0.3, -0.25) is 4.79 Å². The predicted octanol–water partition coefficient (Wildman–Crippen LogP) is 1.45. The molecular weight excluding hydrogens is 223 g/mol. The summed E-state index contributed by atoms with van der Waals surface area (Å²) in [6.45, 7) is 2.47. The summed E-state index contributed by atoms with van der Waals surface area (Å²) in [5, 5.41) is 12.7. The molecule has 4 nitrogen and oxygen atoms in total. The minimum atomic E-state index is -0.466. The van der Waals surface area contributed by atoms with Crippen LogP contribution in [0.1, 0.15) is 31.4 Å². The van der Waals surface area contributed by atoms with Crippen LogP contribution in [0.3, 0.4) is 0 Å². The number of carbonyl (C=O) groups excluding carboxylic acids is 1. The smallest absolute Gasteiger partial charge is 0.217 e. The number of nitrogens with two attached hydrogens (primary N) is 1. The Morgan fingerprint density at radius 3 is 2.88 bits per heavy atom. The number of amides is 1. The zero-order valence-corrected chi connectivity index (χ0v) is 9.74. The minimum Gasteiger partial charge on any atom is -0.508 e. The van der Waals surface area contributed by atoms with Crippen molar-refractivity contribution in [2.75, 3.05) is 6.54 Å². The lowest BCUT2D eigenvalue weighted by atomic mass is 10.1. The first-order valence-electron chi connectivity index (χ1n) is 5.51. The van der Waals surface area contributed by atoms with Gasteiger partial charge in [0.15, 0.2) is 0 Å². The summed E-state index contributed by atoms with van der Waals surface area (Å²) >= 11 is 0. The maximum absolute atomic E-state index is 12.8. The largest absolute Gasteiger partial charge is 0.508 e. The van der Waals surface area contributed by atoms with Crippen LogP contribution in [-0.2, 0) is 4.79 Å². The van der Waals surface area contributed by atoms with E-state index in [2.05, 4.69) is 5.32 Å². The van der Waals surface area contributed by atoms with E-state index < -0.39 is 5.82 Å². The molecule has 0 aliphatic heterocycles. The summed E-state index contributed by atoms with van der Waals surface area (Å²) in [6.07, 6.45) is 0.969. The van der Waals surface area contributed by atoms with Crippen LogP contribution in [0.2, 0.25) is 0 Å². The second-order valence-corrected chi connectivity index (χ2v) is 3.95. The molecule has 0 aromatic heterocycles. The van der Waals surface area contributed by atoms with Gasteiger partial charge in [-0.05, 0) is 26.0 Å². The molecule has 1 amide bonds. The molecule has 17 heavy (non-hydrogen) atoms. The molecule has 1 aromatic carbocycles. The number of phenolic OH excluding ortho intramolecular Hbond substituents is 1. The van der Waals surface area contributed by atoms with Gasteiger partial charge in [0.1, 0.15) is 11.6 Å². The van der Waals surface area contributed by atoms with Gasteiger partial charge in [-0.25, -0.2) is 4.39 Å². The zero-order valence-electron chi connectivity index (χ0n) is 9.74. The third-order valence-corrected chi connectivity index (χ3v) is 2.51. The highest BCUT2D eigenvalue weighted by Gasteiger charge is 2.10. The molecule has 1 unspecified atom stereocenters.